The predicted molar refractivity (Wildman–Crippen MR) is 68.4 cm³/mol. The summed E-state index contributed by atoms with van der Waals surface area (Å²) < 4.78 is 4.59. The van der Waals surface area contributed by atoms with Crippen LogP contribution in [-0.2, 0) is 22.4 Å². The zero-order chi connectivity index (χ0) is 13.0. The number of esters is 2. The average molecular weight is 246 g/mol. The number of ether oxygens (including phenoxy) is 1. The minimum Gasteiger partial charge on any atom is -0.389 e. The van der Waals surface area contributed by atoms with E-state index in [9.17, 15) is 9.59 Å². The van der Waals surface area contributed by atoms with Crippen molar-refractivity contribution in [3.05, 3.63) is 34.9 Å². The molecule has 1 heterocycles. The summed E-state index contributed by atoms with van der Waals surface area (Å²) in [5, 5.41) is 0. The molecule has 3 nitrogen and oxygen atoms in total. The number of cyclic esters (lactones) is 2. The molecule has 0 amide bonds. The molecule has 1 aromatic carbocycles. The smallest absolute Gasteiger partial charge is 0.346 e. The van der Waals surface area contributed by atoms with E-state index in [2.05, 4.69) is 11.7 Å². The molecule has 0 aliphatic carbocycles. The van der Waals surface area contributed by atoms with Gasteiger partial charge in [0.2, 0.25) is 0 Å². The van der Waals surface area contributed by atoms with Gasteiger partial charge in [-0.25, -0.2) is 4.79 Å². The molecule has 0 spiro atoms. The van der Waals surface area contributed by atoms with E-state index < -0.39 is 11.9 Å². The van der Waals surface area contributed by atoms with Crippen molar-refractivity contribution < 1.29 is 14.3 Å². The summed E-state index contributed by atoms with van der Waals surface area (Å²) in [4.78, 5) is 22.7. The lowest BCUT2D eigenvalue weighted by molar-refractivity contribution is -0.137. The Labute approximate surface area is 107 Å². The van der Waals surface area contributed by atoms with Gasteiger partial charge in [-0.15, -0.1) is 0 Å². The molecule has 0 N–H and O–H groups in total. The lowest BCUT2D eigenvalue weighted by Gasteiger charge is -2.14. The third-order valence-corrected chi connectivity index (χ3v) is 3.25. The van der Waals surface area contributed by atoms with Crippen LogP contribution in [0.5, 0.6) is 0 Å². The first kappa shape index (κ1) is 12.8. The van der Waals surface area contributed by atoms with Gasteiger partial charge in [0.1, 0.15) is 0 Å². The van der Waals surface area contributed by atoms with Crippen LogP contribution < -0.4 is 0 Å². The quantitative estimate of drug-likeness (QED) is 0.455. The van der Waals surface area contributed by atoms with E-state index in [1.54, 1.807) is 6.07 Å². The van der Waals surface area contributed by atoms with Gasteiger partial charge in [0.15, 0.2) is 0 Å². The van der Waals surface area contributed by atoms with Gasteiger partial charge in [-0.2, -0.15) is 0 Å². The molecule has 0 fully saturated rings. The molecule has 0 bridgehead atoms. The highest BCUT2D eigenvalue weighted by Gasteiger charge is 2.24. The first-order valence-electron chi connectivity index (χ1n) is 6.57. The first-order valence-corrected chi connectivity index (χ1v) is 6.57. The lowest BCUT2D eigenvalue weighted by Crippen LogP contribution is -2.22. The number of hydrogen-bond acceptors (Lipinski definition) is 3. The van der Waals surface area contributed by atoms with Crippen molar-refractivity contribution >= 4 is 11.9 Å². The summed E-state index contributed by atoms with van der Waals surface area (Å²) in [7, 11) is 0. The van der Waals surface area contributed by atoms with Gasteiger partial charge in [0, 0.05) is 0 Å². The molecule has 3 heteroatoms. The van der Waals surface area contributed by atoms with Gasteiger partial charge in [-0.05, 0) is 30.0 Å². The minimum absolute atomic E-state index is 0.212. The fourth-order valence-corrected chi connectivity index (χ4v) is 2.25. The zero-order valence-electron chi connectivity index (χ0n) is 10.7. The van der Waals surface area contributed by atoms with Crippen molar-refractivity contribution in [3.8, 4) is 0 Å². The molecule has 0 aromatic heterocycles. The normalized spacial score (nSPS) is 14.3. The molecule has 96 valence electrons. The van der Waals surface area contributed by atoms with Gasteiger partial charge in [0.05, 0.1) is 12.0 Å². The van der Waals surface area contributed by atoms with Crippen LogP contribution >= 0.6 is 0 Å². The zero-order valence-corrected chi connectivity index (χ0v) is 10.7. The molecular weight excluding hydrogens is 228 g/mol. The number of carbonyl (C=O) groups is 2. The summed E-state index contributed by atoms with van der Waals surface area (Å²) in [6.45, 7) is 2.19. The summed E-state index contributed by atoms with van der Waals surface area (Å²) in [5.74, 6) is -0.964. The van der Waals surface area contributed by atoms with Crippen molar-refractivity contribution in [2.75, 3.05) is 0 Å². The number of carbonyl (C=O) groups excluding carboxylic acids is 2. The van der Waals surface area contributed by atoms with Gasteiger partial charge in [0.25, 0.3) is 0 Å². The van der Waals surface area contributed by atoms with Crippen molar-refractivity contribution in [3.63, 3.8) is 0 Å². The second-order valence-electron chi connectivity index (χ2n) is 4.74. The first-order chi connectivity index (χ1) is 8.70. The largest absolute Gasteiger partial charge is 0.389 e. The molecule has 0 saturated carbocycles. The van der Waals surface area contributed by atoms with E-state index in [0.717, 1.165) is 18.4 Å². The Morgan fingerprint density at radius 1 is 1.17 bits per heavy atom. The Morgan fingerprint density at radius 2 is 2.00 bits per heavy atom. The highest BCUT2D eigenvalue weighted by Crippen LogP contribution is 2.20. The van der Waals surface area contributed by atoms with Crippen LogP contribution in [0.2, 0.25) is 0 Å². The van der Waals surface area contributed by atoms with Crippen LogP contribution in [0.15, 0.2) is 18.2 Å². The number of fused-ring (bicyclic) bond motifs is 1. The van der Waals surface area contributed by atoms with E-state index >= 15 is 0 Å². The summed E-state index contributed by atoms with van der Waals surface area (Å²) in [5.41, 5.74) is 2.54. The van der Waals surface area contributed by atoms with E-state index in [-0.39, 0.29) is 6.42 Å². The molecule has 0 atom stereocenters. The number of rotatable bonds is 5. The van der Waals surface area contributed by atoms with E-state index in [1.807, 2.05) is 12.1 Å². The monoisotopic (exact) mass is 246 g/mol. The molecule has 2 rings (SSSR count). The predicted octanol–water partition coefficient (Wildman–Crippen LogP) is 3.05. The highest BCUT2D eigenvalue weighted by atomic mass is 16.6. The van der Waals surface area contributed by atoms with Gasteiger partial charge < -0.3 is 4.74 Å². The number of benzene rings is 1. The fraction of sp³-hybridized carbons (Fsp3) is 0.467. The summed E-state index contributed by atoms with van der Waals surface area (Å²) in [6, 6.07) is 5.71. The molecule has 1 aliphatic heterocycles. The minimum atomic E-state index is -0.515. The summed E-state index contributed by atoms with van der Waals surface area (Å²) in [6.07, 6.45) is 6.10. The Kier molecular flexibility index (Phi) is 4.13. The van der Waals surface area contributed by atoms with Crippen LogP contribution in [-0.4, -0.2) is 11.9 Å². The maximum Gasteiger partial charge on any atom is 0.346 e. The molecule has 18 heavy (non-hydrogen) atoms. The Morgan fingerprint density at radius 3 is 2.78 bits per heavy atom. The third kappa shape index (κ3) is 2.97. The van der Waals surface area contributed by atoms with Crippen molar-refractivity contribution in [1.82, 2.24) is 0 Å². The van der Waals surface area contributed by atoms with Crippen molar-refractivity contribution in [2.24, 2.45) is 0 Å². The van der Waals surface area contributed by atoms with Crippen molar-refractivity contribution in [1.29, 1.82) is 0 Å². The Balaban J connectivity index is 2.05. The van der Waals surface area contributed by atoms with Crippen LogP contribution in [0, 0.1) is 0 Å². The van der Waals surface area contributed by atoms with E-state index in [4.69, 9.17) is 0 Å². The van der Waals surface area contributed by atoms with Crippen LogP contribution in [0.25, 0.3) is 0 Å². The standard InChI is InChI=1S/C15H18O3/c1-2-3-4-5-6-11-7-8-13-12(9-11)10-14(16)18-15(13)17/h7-9H,2-6,10H2,1H3. The second kappa shape index (κ2) is 5.80. The van der Waals surface area contributed by atoms with Crippen molar-refractivity contribution in [2.45, 2.75) is 45.4 Å². The van der Waals surface area contributed by atoms with Gasteiger partial charge in [-0.1, -0.05) is 38.3 Å². The lowest BCUT2D eigenvalue weighted by atomic mass is 9.97. The van der Waals surface area contributed by atoms with E-state index in [0.29, 0.717) is 5.56 Å². The molecule has 0 saturated heterocycles. The maximum absolute atomic E-state index is 11.5. The van der Waals surface area contributed by atoms with Gasteiger partial charge >= 0.3 is 11.9 Å². The molecular formula is C15H18O3. The average Bonchev–Trinajstić information content (AvgIpc) is 2.34. The molecule has 0 radical (unpaired) electrons. The highest BCUT2D eigenvalue weighted by molar-refractivity contribution is 6.02. The van der Waals surface area contributed by atoms with E-state index in [1.165, 1.54) is 24.8 Å². The van der Waals surface area contributed by atoms with Crippen LogP contribution in [0.1, 0.15) is 54.1 Å². The molecule has 1 aliphatic rings. The summed E-state index contributed by atoms with van der Waals surface area (Å²) >= 11 is 0. The maximum atomic E-state index is 11.5. The van der Waals surface area contributed by atoms with Gasteiger partial charge in [-0.3, -0.25) is 4.79 Å². The number of unbranched alkanes of at least 4 members (excludes halogenated alkanes) is 3. The van der Waals surface area contributed by atoms with Crippen LogP contribution in [0.4, 0.5) is 0 Å². The Hall–Kier alpha value is -1.64. The molecule has 0 unspecified atom stereocenters. The topological polar surface area (TPSA) is 43.4 Å². The fourth-order valence-electron chi connectivity index (χ4n) is 2.25. The number of aryl methyl sites for hydroxylation is 1. The second-order valence-corrected chi connectivity index (χ2v) is 4.74. The molecule has 1 aromatic rings. The third-order valence-electron chi connectivity index (χ3n) is 3.25. The Bertz CT molecular complexity index is 463. The number of hydrogen-bond donors (Lipinski definition) is 0. The SMILES string of the molecule is CCCCCCc1ccc2c(c1)CC(=O)OC2=O. The van der Waals surface area contributed by atoms with Crippen LogP contribution in [0.3, 0.4) is 0 Å².